The van der Waals surface area contributed by atoms with Gasteiger partial charge >= 0.3 is 0 Å². The lowest BCUT2D eigenvalue weighted by Gasteiger charge is -2.05. The molecule has 0 radical (unpaired) electrons. The van der Waals surface area contributed by atoms with Gasteiger partial charge in [-0.05, 0) is 34.4 Å². The third kappa shape index (κ3) is 1.72. The molecular weight excluding hydrogens is 286 g/mol. The molecule has 0 saturated heterocycles. The Hall–Kier alpha value is -0.370. The molecule has 1 unspecified atom stereocenters. The van der Waals surface area contributed by atoms with Crippen LogP contribution < -0.4 is 0 Å². The van der Waals surface area contributed by atoms with Gasteiger partial charge in [0.15, 0.2) is 0 Å². The molecule has 4 nitrogen and oxygen atoms in total. The lowest BCUT2D eigenvalue weighted by Crippen LogP contribution is -1.97. The van der Waals surface area contributed by atoms with Crippen LogP contribution in [0.3, 0.4) is 0 Å². The van der Waals surface area contributed by atoms with Crippen molar-refractivity contribution in [3.8, 4) is 0 Å². The van der Waals surface area contributed by atoms with Gasteiger partial charge < -0.3 is 5.11 Å². The number of aliphatic hydroxyl groups excluding tert-OH is 1. The van der Waals surface area contributed by atoms with Gasteiger partial charge in [0.25, 0.3) is 0 Å². The Kier molecular flexibility index (Phi) is 2.91. The first-order valence-corrected chi connectivity index (χ1v) is 6.20. The van der Waals surface area contributed by atoms with Gasteiger partial charge in [0.05, 0.1) is 21.0 Å². The number of hydrogen-bond donors (Lipinski definition) is 1. The molecule has 0 amide bonds. The Morgan fingerprint density at radius 2 is 2.29 bits per heavy atom. The van der Waals surface area contributed by atoms with Crippen LogP contribution in [0.5, 0.6) is 0 Å². The first-order chi connectivity index (χ1) is 6.70. The normalized spacial score (nSPS) is 13.1. The summed E-state index contributed by atoms with van der Waals surface area (Å²) in [6.45, 7) is 1.83. The van der Waals surface area contributed by atoms with Crippen LogP contribution in [-0.2, 0) is 0 Å². The van der Waals surface area contributed by atoms with Crippen molar-refractivity contribution in [1.82, 2.24) is 14.6 Å². The predicted molar refractivity (Wildman–Crippen MR) is 58.5 cm³/mol. The van der Waals surface area contributed by atoms with Gasteiger partial charge in [-0.3, -0.25) is 0 Å². The fourth-order valence-electron chi connectivity index (χ4n) is 1.03. The molecule has 0 aliphatic rings. The largest absolute Gasteiger partial charge is 0.382 e. The van der Waals surface area contributed by atoms with Gasteiger partial charge in [-0.2, -0.15) is 0 Å². The zero-order valence-corrected chi connectivity index (χ0v) is 10.4. The number of aromatic nitrogens is 3. The quantitative estimate of drug-likeness (QED) is 0.921. The number of aliphatic hydroxyl groups is 1. The summed E-state index contributed by atoms with van der Waals surface area (Å²) in [5.74, 6) is 0. The highest BCUT2D eigenvalue weighted by Gasteiger charge is 2.20. The third-order valence-electron chi connectivity index (χ3n) is 1.73. The number of aryl methyl sites for hydroxylation is 1. The fraction of sp³-hybridized carbons (Fsp3) is 0.286. The number of hydrogen-bond acceptors (Lipinski definition) is 6. The van der Waals surface area contributed by atoms with Crippen molar-refractivity contribution >= 4 is 38.8 Å². The minimum atomic E-state index is -0.670. The van der Waals surface area contributed by atoms with E-state index in [0.717, 1.165) is 15.4 Å². The van der Waals surface area contributed by atoms with E-state index in [4.69, 9.17) is 0 Å². The highest BCUT2D eigenvalue weighted by atomic mass is 79.9. The van der Waals surface area contributed by atoms with E-state index in [1.165, 1.54) is 22.9 Å². The standard InChI is InChI=1S/C7H6BrN3OS2/c1-3-5(14-11-10-3)4(12)6-7(8)9-2-13-6/h2,4,12H,1H3. The van der Waals surface area contributed by atoms with E-state index >= 15 is 0 Å². The molecule has 14 heavy (non-hydrogen) atoms. The highest BCUT2D eigenvalue weighted by molar-refractivity contribution is 9.10. The molecule has 74 valence electrons. The summed E-state index contributed by atoms with van der Waals surface area (Å²) in [6, 6.07) is 0. The second-order valence-corrected chi connectivity index (χ2v) is 5.06. The Bertz CT molecular complexity index is 401. The summed E-state index contributed by atoms with van der Waals surface area (Å²) in [4.78, 5) is 5.58. The molecule has 2 aromatic heterocycles. The van der Waals surface area contributed by atoms with Gasteiger partial charge in [0.2, 0.25) is 0 Å². The average Bonchev–Trinajstić information content (AvgIpc) is 2.73. The maximum Gasteiger partial charge on any atom is 0.129 e. The van der Waals surface area contributed by atoms with Crippen molar-refractivity contribution in [3.63, 3.8) is 0 Å². The number of nitrogens with zero attached hydrogens (tertiary/aromatic N) is 3. The SMILES string of the molecule is Cc1nnsc1C(O)c1scnc1Br. The topological polar surface area (TPSA) is 58.9 Å². The summed E-state index contributed by atoms with van der Waals surface area (Å²) >= 11 is 5.90. The molecule has 0 bridgehead atoms. The number of halogens is 1. The summed E-state index contributed by atoms with van der Waals surface area (Å²) < 4.78 is 4.47. The lowest BCUT2D eigenvalue weighted by molar-refractivity contribution is 0.226. The minimum Gasteiger partial charge on any atom is -0.382 e. The summed E-state index contributed by atoms with van der Waals surface area (Å²) in [6.07, 6.45) is -0.670. The fourth-order valence-corrected chi connectivity index (χ4v) is 3.15. The van der Waals surface area contributed by atoms with Gasteiger partial charge in [0.1, 0.15) is 10.7 Å². The zero-order chi connectivity index (χ0) is 10.1. The predicted octanol–water partition coefficient (Wildman–Crippen LogP) is 2.15. The van der Waals surface area contributed by atoms with E-state index in [-0.39, 0.29) is 0 Å². The monoisotopic (exact) mass is 291 g/mol. The minimum absolute atomic E-state index is 0.670. The highest BCUT2D eigenvalue weighted by Crippen LogP contribution is 2.33. The van der Waals surface area contributed by atoms with Crippen molar-refractivity contribution in [2.75, 3.05) is 0 Å². The molecule has 2 rings (SSSR count). The van der Waals surface area contributed by atoms with Crippen LogP contribution in [0.4, 0.5) is 0 Å². The van der Waals surface area contributed by atoms with Gasteiger partial charge in [-0.25, -0.2) is 4.98 Å². The van der Waals surface area contributed by atoms with Crippen LogP contribution in [0.1, 0.15) is 21.6 Å². The molecule has 2 heterocycles. The van der Waals surface area contributed by atoms with Crippen LogP contribution in [0.2, 0.25) is 0 Å². The van der Waals surface area contributed by atoms with E-state index in [9.17, 15) is 5.11 Å². The molecule has 1 N–H and O–H groups in total. The summed E-state index contributed by atoms with van der Waals surface area (Å²) in [7, 11) is 0. The Balaban J connectivity index is 2.38. The van der Waals surface area contributed by atoms with E-state index in [0.29, 0.717) is 4.60 Å². The molecule has 0 aliphatic carbocycles. The third-order valence-corrected chi connectivity index (χ3v) is 4.39. The first kappa shape index (κ1) is 10.2. The van der Waals surface area contributed by atoms with Gasteiger partial charge in [-0.1, -0.05) is 4.49 Å². The zero-order valence-electron chi connectivity index (χ0n) is 7.14. The Labute approximate surface area is 96.9 Å². The lowest BCUT2D eigenvalue weighted by atomic mass is 10.2. The maximum absolute atomic E-state index is 10.0. The summed E-state index contributed by atoms with van der Waals surface area (Å²) in [5, 5.41) is 13.9. The van der Waals surface area contributed by atoms with Crippen LogP contribution in [0.25, 0.3) is 0 Å². The van der Waals surface area contributed by atoms with E-state index in [1.807, 2.05) is 6.92 Å². The molecular formula is C7H6BrN3OS2. The van der Waals surface area contributed by atoms with E-state index in [1.54, 1.807) is 5.51 Å². The average molecular weight is 292 g/mol. The molecule has 0 saturated carbocycles. The Morgan fingerprint density at radius 3 is 2.79 bits per heavy atom. The van der Waals surface area contributed by atoms with Crippen molar-refractivity contribution in [3.05, 3.63) is 25.6 Å². The number of rotatable bonds is 2. The van der Waals surface area contributed by atoms with Crippen LogP contribution in [0, 0.1) is 6.92 Å². The Morgan fingerprint density at radius 1 is 1.50 bits per heavy atom. The van der Waals surface area contributed by atoms with Crippen molar-refractivity contribution in [1.29, 1.82) is 0 Å². The van der Waals surface area contributed by atoms with Crippen molar-refractivity contribution < 1.29 is 5.11 Å². The summed E-state index contributed by atoms with van der Waals surface area (Å²) in [5.41, 5.74) is 2.45. The second-order valence-electron chi connectivity index (χ2n) is 2.63. The first-order valence-electron chi connectivity index (χ1n) is 3.76. The molecule has 0 spiro atoms. The molecule has 0 aliphatic heterocycles. The van der Waals surface area contributed by atoms with Crippen LogP contribution >= 0.6 is 38.8 Å². The maximum atomic E-state index is 10.0. The van der Waals surface area contributed by atoms with Crippen molar-refractivity contribution in [2.45, 2.75) is 13.0 Å². The smallest absolute Gasteiger partial charge is 0.129 e. The van der Waals surface area contributed by atoms with Crippen LogP contribution in [-0.4, -0.2) is 19.7 Å². The van der Waals surface area contributed by atoms with Crippen molar-refractivity contribution in [2.24, 2.45) is 0 Å². The second kappa shape index (κ2) is 4.01. The molecule has 2 aromatic rings. The van der Waals surface area contributed by atoms with Gasteiger partial charge in [-0.15, -0.1) is 16.4 Å². The van der Waals surface area contributed by atoms with E-state index in [2.05, 4.69) is 30.5 Å². The number of thiazole rings is 1. The van der Waals surface area contributed by atoms with E-state index < -0.39 is 6.10 Å². The molecule has 1 atom stereocenters. The molecule has 0 aromatic carbocycles. The molecule has 7 heteroatoms. The van der Waals surface area contributed by atoms with Gasteiger partial charge in [0, 0.05) is 0 Å². The van der Waals surface area contributed by atoms with Crippen LogP contribution in [0.15, 0.2) is 10.1 Å². The molecule has 0 fully saturated rings.